The van der Waals surface area contributed by atoms with Gasteiger partial charge in [0.25, 0.3) is 5.91 Å². The van der Waals surface area contributed by atoms with Crippen LogP contribution in [-0.2, 0) is 35.4 Å². The number of halogens is 3. The van der Waals surface area contributed by atoms with Gasteiger partial charge in [0.15, 0.2) is 5.54 Å². The lowest BCUT2D eigenvalue weighted by Gasteiger charge is -2.37. The van der Waals surface area contributed by atoms with Crippen molar-refractivity contribution >= 4 is 50.7 Å². The molecule has 3 fully saturated rings. The number of carbonyl (C=O) groups is 5. The fourth-order valence-electron chi connectivity index (χ4n) is 7.71. The van der Waals surface area contributed by atoms with Gasteiger partial charge >= 0.3 is 12.2 Å². The summed E-state index contributed by atoms with van der Waals surface area (Å²) in [5.41, 5.74) is -3.66. The van der Waals surface area contributed by atoms with Gasteiger partial charge in [0.2, 0.25) is 39.3 Å². The number of hydrogen-bond acceptors (Lipinski definition) is 10. The molecule has 20 heteroatoms. The van der Waals surface area contributed by atoms with Crippen molar-refractivity contribution in [2.75, 3.05) is 19.6 Å². The molecule has 5 atom stereocenters. The van der Waals surface area contributed by atoms with Gasteiger partial charge in [-0.3, -0.25) is 19.2 Å². The number of carbonyl (C=O) groups excluding carboxylic acids is 5. The molecule has 324 valence electrons. The molecule has 4 N–H and O–H groups in total. The lowest BCUT2D eigenvalue weighted by Crippen LogP contribution is -2.63. The van der Waals surface area contributed by atoms with E-state index in [2.05, 4.69) is 31.8 Å². The number of nitrogens with one attached hydrogen (secondary N) is 4. The quantitative estimate of drug-likeness (QED) is 0.214. The van der Waals surface area contributed by atoms with Crippen LogP contribution in [0.15, 0.2) is 36.4 Å². The molecule has 4 heterocycles. The number of benzene rings is 1. The Hall–Kier alpha value is -5.45. The van der Waals surface area contributed by atoms with E-state index in [-0.39, 0.29) is 29.8 Å². The summed E-state index contributed by atoms with van der Waals surface area (Å²) >= 11 is 0. The van der Waals surface area contributed by atoms with E-state index in [0.29, 0.717) is 58.0 Å². The molecule has 60 heavy (non-hydrogen) atoms. The molecule has 0 spiro atoms. The van der Waals surface area contributed by atoms with E-state index in [1.165, 1.54) is 23.1 Å². The van der Waals surface area contributed by atoms with Gasteiger partial charge in [-0.15, -0.1) is 6.42 Å². The van der Waals surface area contributed by atoms with Crippen LogP contribution >= 0.6 is 0 Å². The Kier molecular flexibility index (Phi) is 13.3. The largest absolute Gasteiger partial charge is 0.471 e. The Morgan fingerprint density at radius 3 is 2.40 bits per heavy atom. The third-order valence-corrected chi connectivity index (χ3v) is 12.8. The van der Waals surface area contributed by atoms with Crippen molar-refractivity contribution in [1.82, 2.24) is 40.4 Å². The molecule has 3 aliphatic heterocycles. The molecule has 2 aromatic rings. The Morgan fingerprint density at radius 1 is 1.03 bits per heavy atom. The molecular weight excluding hydrogens is 810 g/mol. The lowest BCUT2D eigenvalue weighted by molar-refractivity contribution is -0.143. The van der Waals surface area contributed by atoms with E-state index in [4.69, 9.17) is 11.2 Å². The van der Waals surface area contributed by atoms with Gasteiger partial charge in [0, 0.05) is 25.9 Å². The first-order valence-electron chi connectivity index (χ1n) is 20.1. The van der Waals surface area contributed by atoms with Crippen molar-refractivity contribution in [2.45, 2.75) is 119 Å². The predicted molar refractivity (Wildman–Crippen MR) is 211 cm³/mol. The van der Waals surface area contributed by atoms with Gasteiger partial charge in [-0.2, -0.15) is 13.2 Å². The number of ether oxygens (including phenoxy) is 1. The third kappa shape index (κ3) is 9.94. The molecule has 1 aromatic heterocycles. The van der Waals surface area contributed by atoms with Crippen molar-refractivity contribution < 1.29 is 50.3 Å². The predicted octanol–water partition coefficient (Wildman–Crippen LogP) is 2.93. The number of allylic oxidation sites excluding steroid dienone is 1. The molecule has 6 amide bonds. The van der Waals surface area contributed by atoms with Crippen molar-refractivity contribution in [3.05, 3.63) is 42.1 Å². The summed E-state index contributed by atoms with van der Waals surface area (Å²) in [6, 6.07) is 1.63. The second kappa shape index (κ2) is 18.0. The number of amides is 6. The molecule has 1 aromatic carbocycles. The standard InChI is InChI=1S/C40H49F3N8O8S/c1-4-39(37(55)49-60(57,58)26-17-18-26)19-12-8-6-5-7-9-16-29(46-34(53)31(24(2)3)50-21-13-20-44-38(50)56)36(54)51-23-25(22-30(51)33(52)48-39)59-35-32(40(41,42)43)45-27-14-10-11-15-28(27)47-35/h1,8,10-12,14-15,24-26,29-31H,5-7,9,13,16-23H2,2-3H3,(H,44,56)(H,46,53)(H,48,52)(H,49,55). The highest BCUT2D eigenvalue weighted by Crippen LogP contribution is 2.37. The van der Waals surface area contributed by atoms with E-state index >= 15 is 0 Å². The van der Waals surface area contributed by atoms with Crippen LogP contribution in [0.4, 0.5) is 18.0 Å². The summed E-state index contributed by atoms with van der Waals surface area (Å²) in [4.78, 5) is 80.3. The zero-order valence-corrected chi connectivity index (χ0v) is 34.1. The third-order valence-electron chi connectivity index (χ3n) is 11.0. The topological polar surface area (TPSA) is 209 Å². The first-order chi connectivity index (χ1) is 28.4. The van der Waals surface area contributed by atoms with Crippen LogP contribution in [0.25, 0.3) is 11.0 Å². The number of para-hydroxylation sites is 2. The minimum absolute atomic E-state index is 0.0483. The maximum absolute atomic E-state index is 14.8. The van der Waals surface area contributed by atoms with Crippen molar-refractivity contribution in [1.29, 1.82) is 0 Å². The Balaban J connectivity index is 1.37. The van der Waals surface area contributed by atoms with Crippen LogP contribution in [0.5, 0.6) is 5.88 Å². The maximum atomic E-state index is 14.8. The zero-order chi connectivity index (χ0) is 43.4. The Morgan fingerprint density at radius 2 is 1.75 bits per heavy atom. The van der Waals surface area contributed by atoms with Gasteiger partial charge in [0.1, 0.15) is 24.2 Å². The van der Waals surface area contributed by atoms with Gasteiger partial charge in [-0.05, 0) is 56.6 Å². The number of rotatable bonds is 9. The number of nitrogens with zero attached hydrogens (tertiary/aromatic N) is 4. The zero-order valence-electron chi connectivity index (χ0n) is 33.3. The second-order valence-electron chi connectivity index (χ2n) is 15.9. The molecule has 1 saturated carbocycles. The van der Waals surface area contributed by atoms with Crippen molar-refractivity contribution in [2.24, 2.45) is 5.92 Å². The maximum Gasteiger partial charge on any atom is 0.438 e. The Bertz CT molecular complexity index is 2180. The van der Waals surface area contributed by atoms with E-state index in [0.717, 1.165) is 4.90 Å². The molecule has 6 rings (SSSR count). The fourth-order valence-corrected chi connectivity index (χ4v) is 9.07. The summed E-state index contributed by atoms with van der Waals surface area (Å²) in [5.74, 6) is -2.61. The highest BCUT2D eigenvalue weighted by molar-refractivity contribution is 7.91. The molecule has 0 bridgehead atoms. The molecule has 16 nitrogen and oxygen atoms in total. The van der Waals surface area contributed by atoms with E-state index in [9.17, 15) is 45.6 Å². The summed E-state index contributed by atoms with van der Waals surface area (Å²) in [6.45, 7) is 3.78. The molecule has 1 aliphatic carbocycles. The average Bonchev–Trinajstić information content (AvgIpc) is 3.98. The second-order valence-corrected chi connectivity index (χ2v) is 17.9. The summed E-state index contributed by atoms with van der Waals surface area (Å²) in [7, 11) is -4.14. The summed E-state index contributed by atoms with van der Waals surface area (Å²) < 4.78 is 76.8. The van der Waals surface area contributed by atoms with Crippen LogP contribution in [0.2, 0.25) is 0 Å². The van der Waals surface area contributed by atoms with E-state index in [1.807, 2.05) is 4.72 Å². The van der Waals surface area contributed by atoms with Crippen molar-refractivity contribution in [3.8, 4) is 18.2 Å². The van der Waals surface area contributed by atoms with Gasteiger partial charge in [-0.25, -0.2) is 27.9 Å². The van der Waals surface area contributed by atoms with Gasteiger partial charge in [-0.1, -0.05) is 56.9 Å². The normalized spacial score (nSPS) is 25.3. The SMILES string of the molecule is C#CC1(C(=O)NS(=O)(=O)C2CC2)CC=CCCCCCC(NC(=O)C(C(C)C)N2CCCNC2=O)C(=O)N2CC(Oc3nc4ccccc4nc3C(F)(F)F)CC2C(=O)N1. The number of sulfonamides is 1. The number of terminal acetylenes is 1. The molecule has 4 aliphatic rings. The molecule has 0 radical (unpaired) electrons. The average molecular weight is 859 g/mol. The number of fused-ring (bicyclic) bond motifs is 2. The van der Waals surface area contributed by atoms with Crippen LogP contribution in [0.3, 0.4) is 0 Å². The summed E-state index contributed by atoms with van der Waals surface area (Å²) in [5, 5.41) is 7.25. The number of hydrogen-bond donors (Lipinski definition) is 4. The minimum atomic E-state index is -5.01. The minimum Gasteiger partial charge on any atom is -0.471 e. The number of alkyl halides is 3. The molecular formula is C40H49F3N8O8S. The Labute approximate surface area is 345 Å². The lowest BCUT2D eigenvalue weighted by atomic mass is 9.93. The highest BCUT2D eigenvalue weighted by atomic mass is 32.2. The first-order valence-corrected chi connectivity index (χ1v) is 21.7. The van der Waals surface area contributed by atoms with Crippen LogP contribution in [0, 0.1) is 18.3 Å². The smallest absolute Gasteiger partial charge is 0.438 e. The highest BCUT2D eigenvalue weighted by Gasteiger charge is 2.49. The first kappa shape index (κ1) is 44.1. The van der Waals surface area contributed by atoms with E-state index in [1.54, 1.807) is 32.1 Å². The summed E-state index contributed by atoms with van der Waals surface area (Å²) in [6.07, 6.45) is 5.61. The van der Waals surface area contributed by atoms with Crippen LogP contribution in [-0.4, -0.2) is 112 Å². The molecule has 2 saturated heterocycles. The van der Waals surface area contributed by atoms with Gasteiger partial charge < -0.3 is 30.5 Å². The molecule has 5 unspecified atom stereocenters. The monoisotopic (exact) mass is 858 g/mol. The van der Waals surface area contributed by atoms with E-state index < -0.39 is 105 Å². The van der Waals surface area contributed by atoms with Gasteiger partial charge in [0.05, 0.1) is 22.8 Å². The number of urea groups is 1. The van der Waals surface area contributed by atoms with Crippen molar-refractivity contribution in [3.63, 3.8) is 0 Å². The fraction of sp³-hybridized carbons (Fsp3) is 0.575. The van der Waals surface area contributed by atoms with Crippen LogP contribution < -0.4 is 25.4 Å². The number of aromatic nitrogens is 2. The van der Waals surface area contributed by atoms with Crippen LogP contribution in [0.1, 0.15) is 83.7 Å².